The van der Waals surface area contributed by atoms with Crippen LogP contribution < -0.4 is 0 Å². The standard InChI is InChI=1S/C11H9F2NO/c1-6(15)10-4-7-3-8(12)9(13)5-11(7)14(10)2/h3-5H,1-2H3/i1D3. The number of halogens is 2. The van der Waals surface area contributed by atoms with E-state index in [9.17, 15) is 13.6 Å². The first-order valence-electron chi connectivity index (χ1n) is 5.71. The number of rotatable bonds is 1. The van der Waals surface area contributed by atoms with E-state index in [1.54, 1.807) is 0 Å². The highest BCUT2D eigenvalue weighted by Crippen LogP contribution is 2.22. The molecule has 0 spiro atoms. The van der Waals surface area contributed by atoms with Gasteiger partial charge in [0, 0.05) is 29.5 Å². The molecule has 2 nitrogen and oxygen atoms in total. The number of carbonyl (C=O) groups excluding carboxylic acids is 1. The quantitative estimate of drug-likeness (QED) is 0.666. The zero-order valence-corrected chi connectivity index (χ0v) is 7.84. The number of carbonyl (C=O) groups is 1. The Morgan fingerprint density at radius 1 is 1.33 bits per heavy atom. The van der Waals surface area contributed by atoms with Gasteiger partial charge in [-0.25, -0.2) is 8.78 Å². The first kappa shape index (κ1) is 6.71. The Kier molecular flexibility index (Phi) is 1.41. The monoisotopic (exact) mass is 212 g/mol. The molecule has 1 aromatic carbocycles. The molecule has 2 aromatic rings. The molecule has 0 bridgehead atoms. The Labute approximate surface area is 89.3 Å². The van der Waals surface area contributed by atoms with Gasteiger partial charge in [-0.15, -0.1) is 0 Å². The van der Waals surface area contributed by atoms with E-state index in [-0.39, 0.29) is 16.6 Å². The molecule has 0 aliphatic carbocycles. The van der Waals surface area contributed by atoms with Crippen molar-refractivity contribution in [2.24, 2.45) is 7.05 Å². The zero-order valence-electron chi connectivity index (χ0n) is 10.8. The molecular weight excluding hydrogens is 200 g/mol. The molecule has 0 aliphatic rings. The van der Waals surface area contributed by atoms with E-state index in [1.807, 2.05) is 0 Å². The molecule has 0 saturated heterocycles. The highest BCUT2D eigenvalue weighted by atomic mass is 19.2. The lowest BCUT2D eigenvalue weighted by molar-refractivity contribution is 0.101. The van der Waals surface area contributed by atoms with Gasteiger partial charge < -0.3 is 4.57 Å². The molecule has 0 N–H and O–H groups in total. The minimum atomic E-state index is -2.78. The molecule has 1 aromatic heterocycles. The van der Waals surface area contributed by atoms with E-state index >= 15 is 0 Å². The van der Waals surface area contributed by atoms with Gasteiger partial charge in [-0.2, -0.15) is 0 Å². The second-order valence-electron chi connectivity index (χ2n) is 3.24. The van der Waals surface area contributed by atoms with Gasteiger partial charge in [0.1, 0.15) is 0 Å². The van der Waals surface area contributed by atoms with Gasteiger partial charge in [-0.05, 0) is 12.1 Å². The minimum absolute atomic E-state index is 0.102. The van der Waals surface area contributed by atoms with Gasteiger partial charge in [0.2, 0.25) is 0 Å². The Morgan fingerprint density at radius 2 is 2.00 bits per heavy atom. The van der Waals surface area contributed by atoms with Crippen molar-refractivity contribution < 1.29 is 17.7 Å². The summed E-state index contributed by atoms with van der Waals surface area (Å²) in [5, 5.41) is 0.281. The van der Waals surface area contributed by atoms with Crippen LogP contribution in [0.3, 0.4) is 0 Å². The van der Waals surface area contributed by atoms with Crippen LogP contribution in [-0.2, 0) is 7.05 Å². The smallest absolute Gasteiger partial charge is 0.176 e. The molecule has 78 valence electrons. The van der Waals surface area contributed by atoms with E-state index < -0.39 is 24.3 Å². The summed E-state index contributed by atoms with van der Waals surface area (Å²) >= 11 is 0. The number of aryl methyl sites for hydroxylation is 1. The Balaban J connectivity index is 2.69. The van der Waals surface area contributed by atoms with Crippen LogP contribution in [0, 0.1) is 11.6 Å². The van der Waals surface area contributed by atoms with Crippen LogP contribution >= 0.6 is 0 Å². The lowest BCUT2D eigenvalue weighted by Crippen LogP contribution is -2.00. The fraction of sp³-hybridized carbons (Fsp3) is 0.182. The topological polar surface area (TPSA) is 22.0 Å². The van der Waals surface area contributed by atoms with Crippen molar-refractivity contribution in [1.82, 2.24) is 4.57 Å². The van der Waals surface area contributed by atoms with Gasteiger partial charge in [0.15, 0.2) is 17.4 Å². The Hall–Kier alpha value is -1.71. The normalized spacial score (nSPS) is 14.7. The zero-order chi connectivity index (χ0) is 13.7. The highest BCUT2D eigenvalue weighted by Gasteiger charge is 2.12. The maximum Gasteiger partial charge on any atom is 0.176 e. The van der Waals surface area contributed by atoms with Crippen molar-refractivity contribution >= 4 is 16.7 Å². The number of hydrogen-bond donors (Lipinski definition) is 0. The number of nitrogens with zero attached hydrogens (tertiary/aromatic N) is 1. The number of benzene rings is 1. The maximum absolute atomic E-state index is 13.1. The van der Waals surface area contributed by atoms with Gasteiger partial charge in [0.05, 0.1) is 11.2 Å². The predicted molar refractivity (Wildman–Crippen MR) is 52.8 cm³/mol. The summed E-state index contributed by atoms with van der Waals surface area (Å²) in [4.78, 5) is 11.7. The summed E-state index contributed by atoms with van der Waals surface area (Å²) in [7, 11) is 1.43. The van der Waals surface area contributed by atoms with Crippen molar-refractivity contribution in [1.29, 1.82) is 0 Å². The van der Waals surface area contributed by atoms with Gasteiger partial charge in [-0.1, -0.05) is 0 Å². The summed E-state index contributed by atoms with van der Waals surface area (Å²) in [6.45, 7) is -2.78. The fourth-order valence-corrected chi connectivity index (χ4v) is 1.55. The third-order valence-electron chi connectivity index (χ3n) is 2.32. The maximum atomic E-state index is 13.1. The van der Waals surface area contributed by atoms with Crippen molar-refractivity contribution in [3.05, 3.63) is 35.5 Å². The van der Waals surface area contributed by atoms with Crippen LogP contribution in [-0.4, -0.2) is 10.4 Å². The minimum Gasteiger partial charge on any atom is -0.341 e. The van der Waals surface area contributed by atoms with Crippen molar-refractivity contribution in [3.8, 4) is 0 Å². The Bertz CT molecular complexity index is 646. The van der Waals surface area contributed by atoms with E-state index in [4.69, 9.17) is 4.11 Å². The van der Waals surface area contributed by atoms with E-state index in [0.717, 1.165) is 12.1 Å². The number of ketones is 1. The van der Waals surface area contributed by atoms with Gasteiger partial charge in [-0.3, -0.25) is 4.79 Å². The van der Waals surface area contributed by atoms with E-state index in [1.165, 1.54) is 17.7 Å². The summed E-state index contributed by atoms with van der Waals surface area (Å²) in [5.74, 6) is -3.14. The lowest BCUT2D eigenvalue weighted by Gasteiger charge is -2.00. The molecule has 0 radical (unpaired) electrons. The summed E-state index contributed by atoms with van der Waals surface area (Å²) in [6, 6.07) is 3.11. The molecule has 0 unspecified atom stereocenters. The summed E-state index contributed by atoms with van der Waals surface area (Å²) in [6.07, 6.45) is 0. The van der Waals surface area contributed by atoms with Crippen molar-refractivity contribution in [2.45, 2.75) is 6.85 Å². The average molecular weight is 212 g/mol. The molecule has 0 fully saturated rings. The predicted octanol–water partition coefficient (Wildman–Crippen LogP) is 2.66. The lowest BCUT2D eigenvalue weighted by atomic mass is 10.2. The molecule has 4 heteroatoms. The first-order chi connectivity index (χ1) is 8.21. The van der Waals surface area contributed by atoms with Crippen LogP contribution in [0.4, 0.5) is 8.78 Å². The molecular formula is C11H9F2NO. The van der Waals surface area contributed by atoms with Crippen molar-refractivity contribution in [3.63, 3.8) is 0 Å². The average Bonchev–Trinajstić information content (AvgIpc) is 2.55. The van der Waals surface area contributed by atoms with E-state index in [2.05, 4.69) is 0 Å². The molecule has 2 rings (SSSR count). The SMILES string of the molecule is [2H]C([2H])([2H])C(=O)c1cc2cc(F)c(F)cc2n1C. The number of aromatic nitrogens is 1. The summed E-state index contributed by atoms with van der Waals surface area (Å²) in [5.41, 5.74) is 0.163. The van der Waals surface area contributed by atoms with Crippen molar-refractivity contribution in [2.75, 3.05) is 0 Å². The van der Waals surface area contributed by atoms with E-state index in [0.29, 0.717) is 0 Å². The first-order valence-corrected chi connectivity index (χ1v) is 4.21. The van der Waals surface area contributed by atoms with Crippen LogP contribution in [0.5, 0.6) is 0 Å². The molecule has 0 amide bonds. The molecule has 0 aliphatic heterocycles. The molecule has 15 heavy (non-hydrogen) atoms. The molecule has 0 atom stereocenters. The third-order valence-corrected chi connectivity index (χ3v) is 2.32. The molecule has 0 saturated carbocycles. The summed E-state index contributed by atoms with van der Waals surface area (Å²) < 4.78 is 48.5. The third kappa shape index (κ3) is 1.42. The largest absolute Gasteiger partial charge is 0.341 e. The number of fused-ring (bicyclic) bond motifs is 1. The fourth-order valence-electron chi connectivity index (χ4n) is 1.55. The van der Waals surface area contributed by atoms with Crippen LogP contribution in [0.1, 0.15) is 21.5 Å². The van der Waals surface area contributed by atoms with Crippen LogP contribution in [0.25, 0.3) is 10.9 Å². The second kappa shape index (κ2) is 3.15. The highest BCUT2D eigenvalue weighted by molar-refractivity contribution is 5.98. The Morgan fingerprint density at radius 3 is 2.67 bits per heavy atom. The van der Waals surface area contributed by atoms with Crippen LogP contribution in [0.15, 0.2) is 18.2 Å². The second-order valence-corrected chi connectivity index (χ2v) is 3.24. The van der Waals surface area contributed by atoms with Gasteiger partial charge in [0.25, 0.3) is 0 Å². The molecule has 1 heterocycles. The van der Waals surface area contributed by atoms with Crippen LogP contribution in [0.2, 0.25) is 0 Å². The number of hydrogen-bond acceptors (Lipinski definition) is 1. The number of Topliss-reactive ketones (excluding diaryl/α,β-unsaturated/α-hetero) is 1. The van der Waals surface area contributed by atoms with Gasteiger partial charge >= 0.3 is 0 Å².